The second-order valence-electron chi connectivity index (χ2n) is 7.17. The molecular formula is C17H32N2O2. The molecule has 1 fully saturated rings. The third kappa shape index (κ3) is 7.51. The fourth-order valence-corrected chi connectivity index (χ4v) is 2.91. The number of carbonyl (C=O) groups excluding carboxylic acids is 1. The van der Waals surface area contributed by atoms with Crippen molar-refractivity contribution in [3.8, 4) is 0 Å². The number of alkyl carbamates (subject to hydrolysis) is 1. The average Bonchev–Trinajstić information content (AvgIpc) is 2.34. The van der Waals surface area contributed by atoms with Crippen LogP contribution in [0.3, 0.4) is 0 Å². The van der Waals surface area contributed by atoms with Gasteiger partial charge >= 0.3 is 6.09 Å². The third-order valence-electron chi connectivity index (χ3n) is 3.95. The highest BCUT2D eigenvalue weighted by molar-refractivity contribution is 5.67. The standard InChI is InChI=1S/C17H32N2O2/c1-13-9-8-10-14(2)15(13)18-11-6-7-12-19-16(20)21-17(3,4)5/h6-7,13-15,18H,8-12H2,1-5H3,(H,19,20)/b7-6+. The van der Waals surface area contributed by atoms with Gasteiger partial charge in [0.2, 0.25) is 0 Å². The summed E-state index contributed by atoms with van der Waals surface area (Å²) >= 11 is 0. The van der Waals surface area contributed by atoms with E-state index in [1.165, 1.54) is 19.3 Å². The van der Waals surface area contributed by atoms with Crippen molar-refractivity contribution in [2.45, 2.75) is 65.5 Å². The van der Waals surface area contributed by atoms with Gasteiger partial charge in [-0.3, -0.25) is 0 Å². The van der Waals surface area contributed by atoms with Crippen LogP contribution in [0.15, 0.2) is 12.2 Å². The van der Waals surface area contributed by atoms with Crippen molar-refractivity contribution in [2.75, 3.05) is 13.1 Å². The molecule has 0 bridgehead atoms. The minimum Gasteiger partial charge on any atom is -0.444 e. The zero-order chi connectivity index (χ0) is 15.9. The molecule has 0 radical (unpaired) electrons. The second kappa shape index (κ2) is 8.42. The van der Waals surface area contributed by atoms with Crippen LogP contribution in [0, 0.1) is 11.8 Å². The smallest absolute Gasteiger partial charge is 0.407 e. The highest BCUT2D eigenvalue weighted by Crippen LogP contribution is 2.28. The predicted molar refractivity (Wildman–Crippen MR) is 87.3 cm³/mol. The molecule has 0 heterocycles. The minimum absolute atomic E-state index is 0.366. The Hall–Kier alpha value is -1.03. The molecule has 0 aromatic carbocycles. The molecule has 122 valence electrons. The summed E-state index contributed by atoms with van der Waals surface area (Å²) in [5.41, 5.74) is -0.442. The Kier molecular flexibility index (Phi) is 7.23. The number of amides is 1. The van der Waals surface area contributed by atoms with E-state index in [-0.39, 0.29) is 6.09 Å². The molecule has 1 rings (SSSR count). The Morgan fingerprint density at radius 2 is 1.71 bits per heavy atom. The monoisotopic (exact) mass is 296 g/mol. The van der Waals surface area contributed by atoms with Gasteiger partial charge in [0.25, 0.3) is 0 Å². The number of nitrogens with one attached hydrogen (secondary N) is 2. The molecule has 21 heavy (non-hydrogen) atoms. The van der Waals surface area contributed by atoms with E-state index in [2.05, 4.69) is 30.6 Å². The molecule has 4 nitrogen and oxygen atoms in total. The maximum Gasteiger partial charge on any atom is 0.407 e. The topological polar surface area (TPSA) is 50.4 Å². The van der Waals surface area contributed by atoms with Crippen LogP contribution in [0.4, 0.5) is 4.79 Å². The SMILES string of the molecule is CC1CCCC(C)C1NC/C=C/CNC(=O)OC(C)(C)C. The van der Waals surface area contributed by atoms with Gasteiger partial charge in [-0.05, 0) is 45.4 Å². The lowest BCUT2D eigenvalue weighted by atomic mass is 9.79. The van der Waals surface area contributed by atoms with Crippen LogP contribution in [0.1, 0.15) is 53.9 Å². The lowest BCUT2D eigenvalue weighted by molar-refractivity contribution is 0.0534. The Morgan fingerprint density at radius 3 is 2.29 bits per heavy atom. The zero-order valence-corrected chi connectivity index (χ0v) is 14.2. The molecule has 0 aromatic heterocycles. The fourth-order valence-electron chi connectivity index (χ4n) is 2.91. The van der Waals surface area contributed by atoms with E-state index in [4.69, 9.17) is 4.74 Å². The van der Waals surface area contributed by atoms with Crippen molar-refractivity contribution < 1.29 is 9.53 Å². The molecule has 0 aromatic rings. The van der Waals surface area contributed by atoms with Gasteiger partial charge in [0.05, 0.1) is 0 Å². The van der Waals surface area contributed by atoms with E-state index >= 15 is 0 Å². The van der Waals surface area contributed by atoms with Crippen LogP contribution in [-0.4, -0.2) is 30.8 Å². The van der Waals surface area contributed by atoms with E-state index in [9.17, 15) is 4.79 Å². The van der Waals surface area contributed by atoms with Crippen molar-refractivity contribution in [1.82, 2.24) is 10.6 Å². The Labute approximate surface area is 129 Å². The third-order valence-corrected chi connectivity index (χ3v) is 3.95. The first-order valence-electron chi connectivity index (χ1n) is 8.15. The highest BCUT2D eigenvalue weighted by Gasteiger charge is 2.26. The molecule has 2 unspecified atom stereocenters. The van der Waals surface area contributed by atoms with Gasteiger partial charge in [-0.25, -0.2) is 4.79 Å². The van der Waals surface area contributed by atoms with Crippen molar-refractivity contribution in [3.63, 3.8) is 0 Å². The summed E-state index contributed by atoms with van der Waals surface area (Å²) in [6.07, 6.45) is 7.68. The molecule has 1 amide bonds. The molecule has 4 heteroatoms. The fraction of sp³-hybridized carbons (Fsp3) is 0.824. The zero-order valence-electron chi connectivity index (χ0n) is 14.2. The summed E-state index contributed by atoms with van der Waals surface area (Å²) < 4.78 is 5.17. The molecule has 0 saturated heterocycles. The number of hydrogen-bond acceptors (Lipinski definition) is 3. The van der Waals surface area contributed by atoms with Crippen molar-refractivity contribution in [3.05, 3.63) is 12.2 Å². The Bertz CT molecular complexity index is 337. The average molecular weight is 296 g/mol. The minimum atomic E-state index is -0.442. The van der Waals surface area contributed by atoms with Crippen LogP contribution in [-0.2, 0) is 4.74 Å². The van der Waals surface area contributed by atoms with Crippen molar-refractivity contribution in [2.24, 2.45) is 11.8 Å². The molecular weight excluding hydrogens is 264 g/mol. The first-order chi connectivity index (χ1) is 9.79. The van der Waals surface area contributed by atoms with Gasteiger partial charge in [-0.15, -0.1) is 0 Å². The number of rotatable bonds is 5. The Balaban J connectivity index is 2.16. The molecule has 1 aliphatic carbocycles. The summed E-state index contributed by atoms with van der Waals surface area (Å²) in [5.74, 6) is 1.50. The first kappa shape index (κ1) is 18.0. The van der Waals surface area contributed by atoms with Crippen molar-refractivity contribution >= 4 is 6.09 Å². The number of ether oxygens (including phenoxy) is 1. The number of hydrogen-bond donors (Lipinski definition) is 2. The van der Waals surface area contributed by atoms with Crippen LogP contribution in [0.2, 0.25) is 0 Å². The molecule has 0 aliphatic heterocycles. The quantitative estimate of drug-likeness (QED) is 0.764. The van der Waals surface area contributed by atoms with Gasteiger partial charge in [0.1, 0.15) is 5.60 Å². The summed E-state index contributed by atoms with van der Waals surface area (Å²) in [5, 5.41) is 6.34. The van der Waals surface area contributed by atoms with E-state index in [0.29, 0.717) is 12.6 Å². The van der Waals surface area contributed by atoms with Crippen LogP contribution in [0.25, 0.3) is 0 Å². The molecule has 0 spiro atoms. The summed E-state index contributed by atoms with van der Waals surface area (Å²) in [7, 11) is 0. The lowest BCUT2D eigenvalue weighted by Gasteiger charge is -2.35. The van der Waals surface area contributed by atoms with Gasteiger partial charge in [-0.2, -0.15) is 0 Å². The summed E-state index contributed by atoms with van der Waals surface area (Å²) in [6, 6.07) is 0.613. The maximum absolute atomic E-state index is 11.4. The van der Waals surface area contributed by atoms with E-state index in [1.54, 1.807) is 0 Å². The van der Waals surface area contributed by atoms with E-state index < -0.39 is 5.60 Å². The highest BCUT2D eigenvalue weighted by atomic mass is 16.6. The second-order valence-corrected chi connectivity index (χ2v) is 7.17. The van der Waals surface area contributed by atoms with Crippen LogP contribution < -0.4 is 10.6 Å². The van der Waals surface area contributed by atoms with E-state index in [0.717, 1.165) is 18.4 Å². The normalized spacial score (nSPS) is 26.8. The van der Waals surface area contributed by atoms with E-state index in [1.807, 2.05) is 26.8 Å². The summed E-state index contributed by atoms with van der Waals surface area (Å²) in [4.78, 5) is 11.4. The largest absolute Gasteiger partial charge is 0.444 e. The lowest BCUT2D eigenvalue weighted by Crippen LogP contribution is -2.42. The van der Waals surface area contributed by atoms with Gasteiger partial charge in [-0.1, -0.05) is 32.4 Å². The van der Waals surface area contributed by atoms with Crippen LogP contribution >= 0.6 is 0 Å². The van der Waals surface area contributed by atoms with Gasteiger partial charge in [0.15, 0.2) is 0 Å². The van der Waals surface area contributed by atoms with Crippen molar-refractivity contribution in [1.29, 1.82) is 0 Å². The summed E-state index contributed by atoms with van der Waals surface area (Å²) in [6.45, 7) is 11.6. The predicted octanol–water partition coefficient (Wildman–Crippen LogP) is 3.48. The van der Waals surface area contributed by atoms with Crippen LogP contribution in [0.5, 0.6) is 0 Å². The molecule has 2 atom stereocenters. The first-order valence-corrected chi connectivity index (χ1v) is 8.15. The maximum atomic E-state index is 11.4. The van der Waals surface area contributed by atoms with Gasteiger partial charge < -0.3 is 15.4 Å². The molecule has 1 saturated carbocycles. The number of carbonyl (C=O) groups is 1. The Morgan fingerprint density at radius 1 is 1.14 bits per heavy atom. The molecule has 2 N–H and O–H groups in total. The molecule has 1 aliphatic rings. The van der Waals surface area contributed by atoms with Gasteiger partial charge in [0, 0.05) is 19.1 Å².